The van der Waals surface area contributed by atoms with Crippen molar-refractivity contribution < 1.29 is 14.0 Å². The number of nitrogens with zero attached hydrogens (tertiary/aromatic N) is 2. The highest BCUT2D eigenvalue weighted by atomic mass is 35.5. The number of anilines is 1. The maximum absolute atomic E-state index is 13.0. The molecule has 0 radical (unpaired) electrons. The molecule has 4 rings (SSSR count). The van der Waals surface area contributed by atoms with Gasteiger partial charge in [-0.3, -0.25) is 4.79 Å². The zero-order chi connectivity index (χ0) is 21.3. The highest BCUT2D eigenvalue weighted by Crippen LogP contribution is 2.38. The molecular weight excluding hydrogens is 407 g/mol. The van der Waals surface area contributed by atoms with Gasteiger partial charge in [-0.25, -0.2) is 9.18 Å². The summed E-state index contributed by atoms with van der Waals surface area (Å²) in [7, 11) is 0. The lowest BCUT2D eigenvalue weighted by molar-refractivity contribution is 0.0802. The van der Waals surface area contributed by atoms with Crippen molar-refractivity contribution in [3.05, 3.63) is 64.4 Å². The lowest BCUT2D eigenvalue weighted by Crippen LogP contribution is -2.68. The van der Waals surface area contributed by atoms with E-state index in [0.717, 1.165) is 11.3 Å². The van der Waals surface area contributed by atoms with Gasteiger partial charge in [-0.2, -0.15) is 0 Å². The second kappa shape index (κ2) is 8.14. The quantitative estimate of drug-likeness (QED) is 0.779. The van der Waals surface area contributed by atoms with E-state index in [2.05, 4.69) is 15.5 Å². The first-order valence-electron chi connectivity index (χ1n) is 10.1. The largest absolute Gasteiger partial charge is 0.348 e. The number of benzene rings is 2. The molecule has 0 atom stereocenters. The van der Waals surface area contributed by atoms with E-state index in [-0.39, 0.29) is 17.8 Å². The Hall–Kier alpha value is -2.80. The number of likely N-dealkylation sites (tertiary alicyclic amines) is 1. The Labute approximate surface area is 180 Å². The van der Waals surface area contributed by atoms with Gasteiger partial charge in [0.05, 0.1) is 11.3 Å². The van der Waals surface area contributed by atoms with Gasteiger partial charge in [0.2, 0.25) is 0 Å². The third-order valence-corrected chi connectivity index (χ3v) is 6.14. The van der Waals surface area contributed by atoms with Crippen LogP contribution >= 0.6 is 11.6 Å². The standard InChI is InChI=1S/C22H24ClFN4O2/c1-2-28-19-13-16(23)5-8-18(19)20(29)26-22(28)9-11-27(12-10-22)21(30)25-14-15-3-6-17(24)7-4-15/h3-8,13H,2,9-12,14H2,1H3,(H,25,30)(H,26,29). The number of nitrogens with one attached hydrogen (secondary N) is 2. The van der Waals surface area contributed by atoms with Gasteiger partial charge in [-0.15, -0.1) is 0 Å². The number of urea groups is 1. The molecule has 0 aliphatic carbocycles. The highest BCUT2D eigenvalue weighted by molar-refractivity contribution is 6.31. The zero-order valence-corrected chi connectivity index (χ0v) is 17.5. The van der Waals surface area contributed by atoms with Crippen molar-refractivity contribution in [1.82, 2.24) is 15.5 Å². The van der Waals surface area contributed by atoms with E-state index in [1.807, 2.05) is 13.0 Å². The summed E-state index contributed by atoms with van der Waals surface area (Å²) in [5.74, 6) is -0.412. The molecule has 158 valence electrons. The fourth-order valence-electron chi connectivity index (χ4n) is 4.34. The van der Waals surface area contributed by atoms with E-state index >= 15 is 0 Å². The molecule has 2 aliphatic heterocycles. The fourth-order valence-corrected chi connectivity index (χ4v) is 4.50. The van der Waals surface area contributed by atoms with Gasteiger partial charge < -0.3 is 20.4 Å². The van der Waals surface area contributed by atoms with Gasteiger partial charge in [-0.1, -0.05) is 23.7 Å². The second-order valence-corrected chi connectivity index (χ2v) is 8.10. The van der Waals surface area contributed by atoms with Crippen molar-refractivity contribution in [1.29, 1.82) is 0 Å². The van der Waals surface area contributed by atoms with E-state index in [1.54, 1.807) is 29.2 Å². The predicted molar refractivity (Wildman–Crippen MR) is 114 cm³/mol. The average Bonchev–Trinajstić information content (AvgIpc) is 2.74. The van der Waals surface area contributed by atoms with Crippen LogP contribution in [0.3, 0.4) is 0 Å². The summed E-state index contributed by atoms with van der Waals surface area (Å²) in [6.07, 6.45) is 1.23. The molecule has 2 aromatic carbocycles. The third-order valence-electron chi connectivity index (χ3n) is 5.91. The topological polar surface area (TPSA) is 64.7 Å². The van der Waals surface area contributed by atoms with Crippen LogP contribution in [0.2, 0.25) is 5.02 Å². The van der Waals surface area contributed by atoms with Crippen molar-refractivity contribution >= 4 is 29.2 Å². The maximum Gasteiger partial charge on any atom is 0.317 e. The van der Waals surface area contributed by atoms with Crippen molar-refractivity contribution in [3.8, 4) is 0 Å². The SMILES string of the molecule is CCN1c2cc(Cl)ccc2C(=O)NC12CCN(C(=O)NCc1ccc(F)cc1)CC2. The molecule has 8 heteroatoms. The van der Waals surface area contributed by atoms with Crippen LogP contribution in [0.25, 0.3) is 0 Å². The number of fused-ring (bicyclic) bond motifs is 1. The third kappa shape index (κ3) is 3.81. The maximum atomic E-state index is 13.0. The molecule has 2 aliphatic rings. The van der Waals surface area contributed by atoms with Gasteiger partial charge in [0, 0.05) is 44.0 Å². The first-order chi connectivity index (χ1) is 14.4. The lowest BCUT2D eigenvalue weighted by atomic mass is 9.90. The van der Waals surface area contributed by atoms with E-state index in [4.69, 9.17) is 11.6 Å². The molecule has 2 N–H and O–H groups in total. The number of carbonyl (C=O) groups excluding carboxylic acids is 2. The lowest BCUT2D eigenvalue weighted by Gasteiger charge is -2.52. The fraction of sp³-hybridized carbons (Fsp3) is 0.364. The van der Waals surface area contributed by atoms with E-state index in [9.17, 15) is 14.0 Å². The van der Waals surface area contributed by atoms with Gasteiger partial charge in [0.1, 0.15) is 11.5 Å². The van der Waals surface area contributed by atoms with E-state index < -0.39 is 5.66 Å². The van der Waals surface area contributed by atoms with Crippen LogP contribution in [0.1, 0.15) is 35.7 Å². The van der Waals surface area contributed by atoms with E-state index in [1.165, 1.54) is 12.1 Å². The summed E-state index contributed by atoms with van der Waals surface area (Å²) in [6.45, 7) is 4.13. The van der Waals surface area contributed by atoms with Crippen LogP contribution in [0, 0.1) is 5.82 Å². The van der Waals surface area contributed by atoms with Crippen LogP contribution in [0.15, 0.2) is 42.5 Å². The van der Waals surface area contributed by atoms with Crippen LogP contribution in [-0.4, -0.2) is 42.1 Å². The molecule has 2 aromatic rings. The van der Waals surface area contributed by atoms with Gasteiger partial charge in [0.25, 0.3) is 5.91 Å². The predicted octanol–water partition coefficient (Wildman–Crippen LogP) is 3.75. The Morgan fingerprint density at radius 3 is 2.57 bits per heavy atom. The number of hydrogen-bond donors (Lipinski definition) is 2. The van der Waals surface area contributed by atoms with Gasteiger partial charge >= 0.3 is 6.03 Å². The van der Waals surface area contributed by atoms with Crippen molar-refractivity contribution in [2.24, 2.45) is 0 Å². The molecule has 3 amide bonds. The molecule has 6 nitrogen and oxygen atoms in total. The molecule has 1 fully saturated rings. The summed E-state index contributed by atoms with van der Waals surface area (Å²) >= 11 is 6.19. The Bertz CT molecular complexity index is 958. The molecule has 0 unspecified atom stereocenters. The average molecular weight is 431 g/mol. The van der Waals surface area contributed by atoms with Gasteiger partial charge in [-0.05, 0) is 42.8 Å². The second-order valence-electron chi connectivity index (χ2n) is 7.66. The first kappa shape index (κ1) is 20.5. The van der Waals surface area contributed by atoms with Crippen LogP contribution in [-0.2, 0) is 6.54 Å². The Kier molecular flexibility index (Phi) is 5.56. The summed E-state index contributed by atoms with van der Waals surface area (Å²) in [5, 5.41) is 6.66. The summed E-state index contributed by atoms with van der Waals surface area (Å²) < 4.78 is 13.0. The molecule has 2 heterocycles. The number of piperidine rings is 1. The highest BCUT2D eigenvalue weighted by Gasteiger charge is 2.45. The number of halogens is 2. The molecule has 0 aromatic heterocycles. The number of hydrogen-bond acceptors (Lipinski definition) is 3. The minimum Gasteiger partial charge on any atom is -0.348 e. The van der Waals surface area contributed by atoms with Crippen molar-refractivity contribution in [2.45, 2.75) is 32.0 Å². The summed E-state index contributed by atoms with van der Waals surface area (Å²) in [4.78, 5) is 29.3. The van der Waals surface area contributed by atoms with Crippen molar-refractivity contribution in [2.75, 3.05) is 24.5 Å². The van der Waals surface area contributed by atoms with Crippen LogP contribution in [0.5, 0.6) is 0 Å². The zero-order valence-electron chi connectivity index (χ0n) is 16.8. The molecular formula is C22H24ClFN4O2. The molecule has 0 saturated carbocycles. The summed E-state index contributed by atoms with van der Waals surface area (Å²) in [6, 6.07) is 11.2. The normalized spacial score (nSPS) is 17.5. The van der Waals surface area contributed by atoms with Crippen molar-refractivity contribution in [3.63, 3.8) is 0 Å². The molecule has 30 heavy (non-hydrogen) atoms. The Morgan fingerprint density at radius 1 is 1.20 bits per heavy atom. The molecule has 1 saturated heterocycles. The number of amides is 3. The smallest absolute Gasteiger partial charge is 0.317 e. The number of carbonyl (C=O) groups is 2. The van der Waals surface area contributed by atoms with Crippen LogP contribution in [0.4, 0.5) is 14.9 Å². The molecule has 1 spiro atoms. The van der Waals surface area contributed by atoms with Crippen LogP contribution < -0.4 is 15.5 Å². The minimum atomic E-state index is -0.531. The molecule has 0 bridgehead atoms. The first-order valence-corrected chi connectivity index (χ1v) is 10.5. The Balaban J connectivity index is 1.43. The van der Waals surface area contributed by atoms with Gasteiger partial charge in [0.15, 0.2) is 0 Å². The number of rotatable bonds is 3. The Morgan fingerprint density at radius 2 is 1.90 bits per heavy atom. The van der Waals surface area contributed by atoms with E-state index in [0.29, 0.717) is 49.6 Å². The monoisotopic (exact) mass is 430 g/mol. The minimum absolute atomic E-state index is 0.111. The summed E-state index contributed by atoms with van der Waals surface area (Å²) in [5.41, 5.74) is 1.76.